The molecule has 84 valence electrons. The lowest BCUT2D eigenvalue weighted by Crippen LogP contribution is -2.18. The van der Waals surface area contributed by atoms with Crippen molar-refractivity contribution in [3.63, 3.8) is 0 Å². The van der Waals surface area contributed by atoms with Crippen molar-refractivity contribution in [2.75, 3.05) is 7.05 Å². The molecule has 0 bridgehead atoms. The lowest BCUT2D eigenvalue weighted by molar-refractivity contribution is 0.578. The van der Waals surface area contributed by atoms with Crippen molar-refractivity contribution in [2.24, 2.45) is 0 Å². The minimum Gasteiger partial charge on any atom is -0.309 e. The lowest BCUT2D eigenvalue weighted by atomic mass is 10.0. The first-order chi connectivity index (χ1) is 7.72. The Hall–Kier alpha value is -1.26. The molecule has 1 unspecified atom stereocenters. The number of nitrogens with one attached hydrogen (secondary N) is 1. The predicted molar refractivity (Wildman–Crippen MR) is 64.2 cm³/mol. The van der Waals surface area contributed by atoms with Gasteiger partial charge in [0.15, 0.2) is 0 Å². The van der Waals surface area contributed by atoms with Crippen molar-refractivity contribution in [2.45, 2.75) is 13.0 Å². The van der Waals surface area contributed by atoms with Crippen LogP contribution in [0.3, 0.4) is 0 Å². The summed E-state index contributed by atoms with van der Waals surface area (Å²) in [4.78, 5) is 5.05. The second kappa shape index (κ2) is 4.72. The van der Waals surface area contributed by atoms with Crippen molar-refractivity contribution in [3.8, 4) is 0 Å². The summed E-state index contributed by atoms with van der Waals surface area (Å²) >= 11 is 1.52. The Morgan fingerprint density at radius 2 is 2.25 bits per heavy atom. The van der Waals surface area contributed by atoms with Gasteiger partial charge in [-0.2, -0.15) is 0 Å². The van der Waals surface area contributed by atoms with Gasteiger partial charge < -0.3 is 5.32 Å². The van der Waals surface area contributed by atoms with Gasteiger partial charge >= 0.3 is 0 Å². The van der Waals surface area contributed by atoms with Crippen LogP contribution in [0.1, 0.15) is 22.0 Å². The zero-order valence-electron chi connectivity index (χ0n) is 9.20. The van der Waals surface area contributed by atoms with Crippen LogP contribution in [0, 0.1) is 12.7 Å². The summed E-state index contributed by atoms with van der Waals surface area (Å²) in [6.07, 6.45) is 1.77. The standard InChI is InChI=1S/C12H13FN2S/c1-8-3-4-10(13)9(5-8)12(14-2)11-6-15-7-16-11/h3-7,12,14H,1-2H3. The molecule has 16 heavy (non-hydrogen) atoms. The Morgan fingerprint density at radius 3 is 2.88 bits per heavy atom. The second-order valence-corrected chi connectivity index (χ2v) is 4.57. The molecule has 1 aromatic heterocycles. The van der Waals surface area contributed by atoms with Crippen LogP contribution >= 0.6 is 11.3 Å². The van der Waals surface area contributed by atoms with E-state index in [0.717, 1.165) is 10.4 Å². The Morgan fingerprint density at radius 1 is 1.44 bits per heavy atom. The Balaban J connectivity index is 2.44. The first-order valence-corrected chi connectivity index (χ1v) is 5.92. The number of thiazole rings is 1. The van der Waals surface area contributed by atoms with Crippen molar-refractivity contribution >= 4 is 11.3 Å². The molecule has 0 radical (unpaired) electrons. The van der Waals surface area contributed by atoms with Gasteiger partial charge in [0, 0.05) is 16.6 Å². The van der Waals surface area contributed by atoms with E-state index < -0.39 is 0 Å². The zero-order valence-corrected chi connectivity index (χ0v) is 10.0. The highest BCUT2D eigenvalue weighted by atomic mass is 32.1. The SMILES string of the molecule is CNC(c1cncs1)c1cc(C)ccc1F. The number of halogens is 1. The largest absolute Gasteiger partial charge is 0.309 e. The third-order valence-corrected chi connectivity index (χ3v) is 3.33. The van der Waals surface area contributed by atoms with Gasteiger partial charge in [0.1, 0.15) is 5.82 Å². The molecule has 4 heteroatoms. The highest BCUT2D eigenvalue weighted by Crippen LogP contribution is 2.27. The molecule has 0 aliphatic heterocycles. The van der Waals surface area contributed by atoms with Crippen LogP contribution in [-0.2, 0) is 0 Å². The molecular formula is C12H13FN2S. The molecule has 1 N–H and O–H groups in total. The quantitative estimate of drug-likeness (QED) is 0.886. The number of aryl methyl sites for hydroxylation is 1. The molecule has 1 heterocycles. The summed E-state index contributed by atoms with van der Waals surface area (Å²) in [7, 11) is 1.83. The molecule has 0 aliphatic rings. The molecule has 2 rings (SSSR count). The van der Waals surface area contributed by atoms with E-state index in [1.165, 1.54) is 17.4 Å². The first-order valence-electron chi connectivity index (χ1n) is 5.04. The number of benzene rings is 1. The normalized spacial score (nSPS) is 12.7. The van der Waals surface area contributed by atoms with Crippen LogP contribution in [0.25, 0.3) is 0 Å². The lowest BCUT2D eigenvalue weighted by Gasteiger charge is -2.15. The van der Waals surface area contributed by atoms with Crippen LogP contribution in [0.15, 0.2) is 29.9 Å². The van der Waals surface area contributed by atoms with Gasteiger partial charge in [-0.05, 0) is 20.0 Å². The molecule has 0 fully saturated rings. The predicted octanol–water partition coefficient (Wildman–Crippen LogP) is 2.90. The maximum Gasteiger partial charge on any atom is 0.128 e. The Bertz CT molecular complexity index is 468. The molecule has 2 nitrogen and oxygen atoms in total. The Labute approximate surface area is 98.2 Å². The van der Waals surface area contributed by atoms with Gasteiger partial charge in [0.05, 0.1) is 11.6 Å². The van der Waals surface area contributed by atoms with Gasteiger partial charge in [-0.3, -0.25) is 4.98 Å². The smallest absolute Gasteiger partial charge is 0.128 e. The van der Waals surface area contributed by atoms with E-state index >= 15 is 0 Å². The minimum absolute atomic E-state index is 0.118. The van der Waals surface area contributed by atoms with E-state index in [9.17, 15) is 4.39 Å². The third-order valence-electron chi connectivity index (χ3n) is 2.49. The fraction of sp³-hybridized carbons (Fsp3) is 0.250. The Kier molecular flexibility index (Phi) is 3.31. The van der Waals surface area contributed by atoms with Gasteiger partial charge in [-0.25, -0.2) is 4.39 Å². The van der Waals surface area contributed by atoms with Crippen molar-refractivity contribution < 1.29 is 4.39 Å². The summed E-state index contributed by atoms with van der Waals surface area (Å²) in [6.45, 7) is 1.96. The number of rotatable bonds is 3. The maximum atomic E-state index is 13.7. The number of nitrogens with zero attached hydrogens (tertiary/aromatic N) is 1. The summed E-state index contributed by atoms with van der Waals surface area (Å²) < 4.78 is 13.7. The summed E-state index contributed by atoms with van der Waals surface area (Å²) in [5.74, 6) is -0.182. The molecule has 0 saturated heterocycles. The highest BCUT2D eigenvalue weighted by molar-refractivity contribution is 7.09. The van der Waals surface area contributed by atoms with E-state index in [1.54, 1.807) is 17.8 Å². The summed E-state index contributed by atoms with van der Waals surface area (Å²) in [5, 5.41) is 3.12. The van der Waals surface area contributed by atoms with Gasteiger partial charge in [0.2, 0.25) is 0 Å². The number of hydrogen-bond donors (Lipinski definition) is 1. The highest BCUT2D eigenvalue weighted by Gasteiger charge is 2.17. The number of hydrogen-bond acceptors (Lipinski definition) is 3. The first kappa shape index (κ1) is 11.2. The second-order valence-electron chi connectivity index (χ2n) is 3.65. The van der Waals surface area contributed by atoms with E-state index in [4.69, 9.17) is 0 Å². The van der Waals surface area contributed by atoms with E-state index in [2.05, 4.69) is 10.3 Å². The zero-order chi connectivity index (χ0) is 11.5. The minimum atomic E-state index is -0.182. The van der Waals surface area contributed by atoms with Crippen LogP contribution in [0.5, 0.6) is 0 Å². The summed E-state index contributed by atoms with van der Waals surface area (Å²) in [5.41, 5.74) is 3.49. The van der Waals surface area contributed by atoms with Crippen LogP contribution < -0.4 is 5.32 Å². The molecular weight excluding hydrogens is 223 g/mol. The van der Waals surface area contributed by atoms with E-state index in [0.29, 0.717) is 5.56 Å². The van der Waals surface area contributed by atoms with Gasteiger partial charge in [-0.15, -0.1) is 11.3 Å². The van der Waals surface area contributed by atoms with Crippen LogP contribution in [-0.4, -0.2) is 12.0 Å². The fourth-order valence-corrected chi connectivity index (χ4v) is 2.45. The van der Waals surface area contributed by atoms with E-state index in [-0.39, 0.29) is 11.9 Å². The molecule has 0 saturated carbocycles. The molecule has 1 aromatic carbocycles. The average molecular weight is 236 g/mol. The maximum absolute atomic E-state index is 13.7. The average Bonchev–Trinajstić information content (AvgIpc) is 2.78. The van der Waals surface area contributed by atoms with Gasteiger partial charge in [0.25, 0.3) is 0 Å². The van der Waals surface area contributed by atoms with Crippen molar-refractivity contribution in [1.29, 1.82) is 0 Å². The fourth-order valence-electron chi connectivity index (χ4n) is 1.70. The van der Waals surface area contributed by atoms with Crippen LogP contribution in [0.2, 0.25) is 0 Å². The van der Waals surface area contributed by atoms with Crippen molar-refractivity contribution in [3.05, 3.63) is 51.7 Å². The van der Waals surface area contributed by atoms with Crippen LogP contribution in [0.4, 0.5) is 4.39 Å². The number of aromatic nitrogens is 1. The van der Waals surface area contributed by atoms with E-state index in [1.807, 2.05) is 20.0 Å². The third kappa shape index (κ3) is 2.13. The monoisotopic (exact) mass is 236 g/mol. The molecule has 0 amide bonds. The molecule has 2 aromatic rings. The van der Waals surface area contributed by atoms with Gasteiger partial charge in [-0.1, -0.05) is 17.7 Å². The topological polar surface area (TPSA) is 24.9 Å². The molecule has 0 spiro atoms. The summed E-state index contributed by atoms with van der Waals surface area (Å²) in [6, 6.07) is 5.04. The molecule has 1 atom stereocenters. The van der Waals surface area contributed by atoms with Crippen molar-refractivity contribution in [1.82, 2.24) is 10.3 Å². The molecule has 0 aliphatic carbocycles.